The number of aromatic hydroxyl groups is 1. The summed E-state index contributed by atoms with van der Waals surface area (Å²) in [6.45, 7) is 0. The van der Waals surface area contributed by atoms with Crippen molar-refractivity contribution in [2.75, 3.05) is 0 Å². The third-order valence-corrected chi connectivity index (χ3v) is 9.65. The first-order chi connectivity index (χ1) is 27.3. The van der Waals surface area contributed by atoms with Gasteiger partial charge in [-0.25, -0.2) is 15.0 Å². The number of hydrogen-bond acceptors (Lipinski definition) is 6. The van der Waals surface area contributed by atoms with Gasteiger partial charge in [0.05, 0.1) is 16.5 Å². The summed E-state index contributed by atoms with van der Waals surface area (Å²) in [6.07, 6.45) is 0. The zero-order valence-corrected chi connectivity index (χ0v) is 27.2. The molecular formula is C45H26N4O3. The Balaban J connectivity index is 1.12. The lowest BCUT2D eigenvalue weighted by molar-refractivity contribution is 0.475. The molecule has 7 aromatic carbocycles. The molecule has 1 N–H and O–H groups in total. The maximum absolute atomic E-state index is 10.3. The van der Waals surface area contributed by atoms with Crippen LogP contribution in [-0.2, 0) is 0 Å². The Morgan fingerprint density at radius 3 is 1.87 bits per heavy atom. The molecule has 0 aliphatic heterocycles. The van der Waals surface area contributed by atoms with E-state index in [9.17, 15) is 5.11 Å². The van der Waals surface area contributed by atoms with Gasteiger partial charge in [0.25, 0.3) is 0 Å². The van der Waals surface area contributed by atoms with Crippen molar-refractivity contribution < 1.29 is 19.4 Å². The predicted molar refractivity (Wildman–Crippen MR) is 207 cm³/mol. The van der Waals surface area contributed by atoms with Gasteiger partial charge in [0.1, 0.15) is 28.1 Å². The molecule has 0 bridgehead atoms. The summed E-state index contributed by atoms with van der Waals surface area (Å²) in [7, 11) is 0. The standard InChI is InChI=1S/C45H26N4O3/c50-29-20-17-27(18-21-29)44-46-43(26-9-2-1-3-10-26)47-45(48-44)33-13-8-16-38-42(33)35-25-40-34(24-41(35)51-38)32-22-19-28(23-39(32)52-40)49-36-14-6-4-11-30(36)31-12-5-7-15-37(31)49/h1-25,50H/i17D,18D,20D,21D. The maximum Gasteiger partial charge on any atom is 0.164 e. The Bertz CT molecular complexity index is 3360. The van der Waals surface area contributed by atoms with Gasteiger partial charge in [-0.2, -0.15) is 0 Å². The van der Waals surface area contributed by atoms with Crippen molar-refractivity contribution in [2.24, 2.45) is 0 Å². The molecule has 0 saturated carbocycles. The fourth-order valence-corrected chi connectivity index (χ4v) is 7.35. The van der Waals surface area contributed by atoms with Crippen LogP contribution >= 0.6 is 0 Å². The Hall–Kier alpha value is -7.25. The van der Waals surface area contributed by atoms with Crippen LogP contribution < -0.4 is 0 Å². The Kier molecular flexibility index (Phi) is 5.19. The van der Waals surface area contributed by atoms with Gasteiger partial charge in [0, 0.05) is 60.8 Å². The zero-order chi connectivity index (χ0) is 37.8. The third-order valence-electron chi connectivity index (χ3n) is 9.65. The molecule has 0 aliphatic rings. The second-order valence-corrected chi connectivity index (χ2v) is 12.7. The predicted octanol–water partition coefficient (Wildman–Crippen LogP) is 11.5. The van der Waals surface area contributed by atoms with E-state index in [4.69, 9.17) is 24.3 Å². The normalized spacial score (nSPS) is 13.0. The molecule has 7 heteroatoms. The first-order valence-corrected chi connectivity index (χ1v) is 16.8. The van der Waals surface area contributed by atoms with Crippen molar-refractivity contribution in [3.8, 4) is 45.6 Å². The van der Waals surface area contributed by atoms with Crippen LogP contribution in [0.15, 0.2) is 160 Å². The molecule has 0 atom stereocenters. The van der Waals surface area contributed by atoms with Gasteiger partial charge in [-0.1, -0.05) is 78.9 Å². The highest BCUT2D eigenvalue weighted by Gasteiger charge is 2.20. The number of rotatable bonds is 4. The van der Waals surface area contributed by atoms with Gasteiger partial charge in [0.2, 0.25) is 0 Å². The molecule has 0 saturated heterocycles. The highest BCUT2D eigenvalue weighted by molar-refractivity contribution is 6.18. The van der Waals surface area contributed by atoms with Gasteiger partial charge in [-0.05, 0) is 66.6 Å². The lowest BCUT2D eigenvalue weighted by Gasteiger charge is -2.09. The van der Waals surface area contributed by atoms with Gasteiger partial charge >= 0.3 is 0 Å². The number of nitrogens with zero attached hydrogens (tertiary/aromatic N) is 4. The molecule has 52 heavy (non-hydrogen) atoms. The van der Waals surface area contributed by atoms with E-state index in [-0.39, 0.29) is 23.0 Å². The fraction of sp³-hybridized carbons (Fsp3) is 0. The first kappa shape index (κ1) is 24.8. The topological polar surface area (TPSA) is 90.1 Å². The summed E-state index contributed by atoms with van der Waals surface area (Å²) in [5, 5.41) is 16.0. The quantitative estimate of drug-likeness (QED) is 0.200. The lowest BCUT2D eigenvalue weighted by Crippen LogP contribution is -2.00. The second-order valence-electron chi connectivity index (χ2n) is 12.7. The van der Waals surface area contributed by atoms with Crippen molar-refractivity contribution in [3.63, 3.8) is 0 Å². The zero-order valence-electron chi connectivity index (χ0n) is 31.2. The molecule has 11 rings (SSSR count). The van der Waals surface area contributed by atoms with E-state index < -0.39 is 29.9 Å². The van der Waals surface area contributed by atoms with Crippen molar-refractivity contribution in [3.05, 3.63) is 152 Å². The van der Waals surface area contributed by atoms with Crippen molar-refractivity contribution in [1.82, 2.24) is 19.5 Å². The van der Waals surface area contributed by atoms with E-state index in [0.717, 1.165) is 43.8 Å². The lowest BCUT2D eigenvalue weighted by atomic mass is 10.0. The first-order valence-electron chi connectivity index (χ1n) is 18.8. The molecule has 11 aromatic rings. The summed E-state index contributed by atoms with van der Waals surface area (Å²) < 4.78 is 49.2. The highest BCUT2D eigenvalue weighted by atomic mass is 16.3. The minimum absolute atomic E-state index is 0.0608. The molecule has 0 aliphatic carbocycles. The number of para-hydroxylation sites is 2. The Morgan fingerprint density at radius 2 is 1.10 bits per heavy atom. The van der Waals surface area contributed by atoms with E-state index in [1.165, 1.54) is 10.8 Å². The van der Waals surface area contributed by atoms with Crippen LogP contribution in [-0.4, -0.2) is 24.6 Å². The molecule has 0 fully saturated rings. The summed E-state index contributed by atoms with van der Waals surface area (Å²) in [4.78, 5) is 14.3. The SMILES string of the molecule is [2H]c1c([2H])c(-c2nc(-c3ccccc3)nc(-c3cccc4oc5cc6c(cc5c34)oc3cc(-n4c5ccccc5c5ccccc54)ccc36)n2)c([2H])c([2H])c1O. The molecule has 0 unspecified atom stereocenters. The fourth-order valence-electron chi connectivity index (χ4n) is 7.35. The molecule has 7 nitrogen and oxygen atoms in total. The van der Waals surface area contributed by atoms with Crippen LogP contribution in [0.25, 0.3) is 106 Å². The van der Waals surface area contributed by atoms with Crippen molar-refractivity contribution in [2.45, 2.75) is 0 Å². The number of benzene rings is 7. The number of hydrogen-bond donors (Lipinski definition) is 1. The summed E-state index contributed by atoms with van der Waals surface area (Å²) in [5.74, 6) is -0.281. The van der Waals surface area contributed by atoms with Crippen LogP contribution in [0.3, 0.4) is 0 Å². The smallest absolute Gasteiger partial charge is 0.164 e. The third kappa shape index (κ3) is 4.29. The molecule has 4 aromatic heterocycles. The van der Waals surface area contributed by atoms with Gasteiger partial charge in [-0.15, -0.1) is 0 Å². The Labute approximate surface area is 301 Å². The van der Waals surface area contributed by atoms with Crippen LogP contribution in [0.1, 0.15) is 5.48 Å². The number of phenolic OH excluding ortho intramolecular Hbond substituents is 1. The molecule has 244 valence electrons. The molecule has 0 amide bonds. The van der Waals surface area contributed by atoms with Crippen LogP contribution in [0.2, 0.25) is 0 Å². The van der Waals surface area contributed by atoms with E-state index in [1.54, 1.807) is 0 Å². The summed E-state index contributed by atoms with van der Waals surface area (Å²) in [6, 6.07) is 39.8. The molecule has 4 heterocycles. The van der Waals surface area contributed by atoms with Crippen molar-refractivity contribution >= 4 is 65.7 Å². The van der Waals surface area contributed by atoms with Crippen LogP contribution in [0, 0.1) is 0 Å². The summed E-state index contributed by atoms with van der Waals surface area (Å²) >= 11 is 0. The Morgan fingerprint density at radius 1 is 0.481 bits per heavy atom. The average Bonchev–Trinajstić information content (AvgIpc) is 3.90. The van der Waals surface area contributed by atoms with Gasteiger partial charge in [0.15, 0.2) is 17.5 Å². The second kappa shape index (κ2) is 10.9. The molecule has 0 spiro atoms. The monoisotopic (exact) mass is 674 g/mol. The minimum atomic E-state index is -0.740. The number of aromatic nitrogens is 4. The van der Waals surface area contributed by atoms with Gasteiger partial charge in [-0.3, -0.25) is 0 Å². The summed E-state index contributed by atoms with van der Waals surface area (Å²) in [5.41, 5.74) is 7.00. The maximum atomic E-state index is 10.3. The minimum Gasteiger partial charge on any atom is -0.508 e. The largest absolute Gasteiger partial charge is 0.508 e. The van der Waals surface area contributed by atoms with Crippen LogP contribution in [0.4, 0.5) is 0 Å². The number of fused-ring (bicyclic) bond motifs is 9. The van der Waals surface area contributed by atoms with E-state index in [2.05, 4.69) is 76.3 Å². The van der Waals surface area contributed by atoms with E-state index in [0.29, 0.717) is 27.9 Å². The van der Waals surface area contributed by atoms with Crippen molar-refractivity contribution in [1.29, 1.82) is 0 Å². The van der Waals surface area contributed by atoms with Crippen LogP contribution in [0.5, 0.6) is 5.75 Å². The number of phenols is 1. The van der Waals surface area contributed by atoms with Gasteiger partial charge < -0.3 is 18.5 Å². The average molecular weight is 675 g/mol. The van der Waals surface area contributed by atoms with E-state index >= 15 is 0 Å². The van der Waals surface area contributed by atoms with E-state index in [1.807, 2.05) is 60.7 Å². The number of furan rings is 2. The molecule has 0 radical (unpaired) electrons. The molecular weight excluding hydrogens is 645 g/mol. The highest BCUT2D eigenvalue weighted by Crippen LogP contribution is 2.41.